The fourth-order valence-corrected chi connectivity index (χ4v) is 2.71. The van der Waals surface area contributed by atoms with E-state index in [0.29, 0.717) is 6.10 Å². The summed E-state index contributed by atoms with van der Waals surface area (Å²) in [6, 6.07) is 0. The van der Waals surface area contributed by atoms with E-state index in [0.717, 1.165) is 12.5 Å². The van der Waals surface area contributed by atoms with Crippen molar-refractivity contribution < 1.29 is 4.74 Å². The van der Waals surface area contributed by atoms with E-state index in [1.165, 1.54) is 58.4 Å². The fraction of sp³-hybridized carbons (Fsp3) is 1.00. The predicted octanol–water partition coefficient (Wildman–Crippen LogP) is 1.49. The Labute approximate surface area is 99.5 Å². The molecule has 0 amide bonds. The highest BCUT2D eigenvalue weighted by atomic mass is 16.5. The second-order valence-corrected chi connectivity index (χ2v) is 5.16. The van der Waals surface area contributed by atoms with Crippen molar-refractivity contribution in [3.05, 3.63) is 0 Å². The summed E-state index contributed by atoms with van der Waals surface area (Å²) in [5.74, 6) is 0.811. The van der Waals surface area contributed by atoms with Crippen LogP contribution in [-0.4, -0.2) is 50.3 Å². The molecule has 2 fully saturated rings. The molecule has 16 heavy (non-hydrogen) atoms. The Morgan fingerprint density at radius 3 is 2.44 bits per heavy atom. The van der Waals surface area contributed by atoms with Gasteiger partial charge in [0.1, 0.15) is 0 Å². The largest absolute Gasteiger partial charge is 0.378 e. The molecule has 94 valence electrons. The molecule has 0 spiro atoms. The van der Waals surface area contributed by atoms with Gasteiger partial charge in [0, 0.05) is 19.7 Å². The quantitative estimate of drug-likeness (QED) is 0.786. The van der Waals surface area contributed by atoms with Crippen LogP contribution in [0.3, 0.4) is 0 Å². The van der Waals surface area contributed by atoms with Gasteiger partial charge in [-0.3, -0.25) is 0 Å². The highest BCUT2D eigenvalue weighted by molar-refractivity contribution is 4.73. The van der Waals surface area contributed by atoms with E-state index >= 15 is 0 Å². The lowest BCUT2D eigenvalue weighted by atomic mass is 9.99. The Hall–Kier alpha value is -0.120. The number of piperidine rings is 2. The van der Waals surface area contributed by atoms with Crippen LogP contribution in [0.4, 0.5) is 0 Å². The topological polar surface area (TPSA) is 24.5 Å². The Morgan fingerprint density at radius 2 is 1.81 bits per heavy atom. The normalized spacial score (nSPS) is 26.1. The van der Waals surface area contributed by atoms with Crippen molar-refractivity contribution in [1.82, 2.24) is 10.2 Å². The molecule has 0 aromatic carbocycles. The number of nitrogens with one attached hydrogen (secondary N) is 1. The molecule has 0 radical (unpaired) electrons. The predicted molar refractivity (Wildman–Crippen MR) is 66.7 cm³/mol. The SMILES string of the molecule is CCN1CCC(OCC2CCNCC2)CC1. The summed E-state index contributed by atoms with van der Waals surface area (Å²) < 4.78 is 6.06. The molecule has 1 N–H and O–H groups in total. The summed E-state index contributed by atoms with van der Waals surface area (Å²) in [5, 5.41) is 3.40. The van der Waals surface area contributed by atoms with Gasteiger partial charge in [0.25, 0.3) is 0 Å². The molecule has 0 bridgehead atoms. The molecule has 2 heterocycles. The molecule has 0 aromatic heterocycles. The average Bonchev–Trinajstić information content (AvgIpc) is 2.38. The van der Waals surface area contributed by atoms with Crippen molar-refractivity contribution in [1.29, 1.82) is 0 Å². The molecular formula is C13H26N2O. The van der Waals surface area contributed by atoms with Crippen molar-refractivity contribution in [2.45, 2.75) is 38.7 Å². The number of hydrogen-bond acceptors (Lipinski definition) is 3. The van der Waals surface area contributed by atoms with E-state index in [1.807, 2.05) is 0 Å². The van der Waals surface area contributed by atoms with Crippen molar-refractivity contribution >= 4 is 0 Å². The molecule has 2 aliphatic rings. The van der Waals surface area contributed by atoms with Crippen LogP contribution >= 0.6 is 0 Å². The summed E-state index contributed by atoms with van der Waals surface area (Å²) in [5.41, 5.74) is 0. The maximum absolute atomic E-state index is 6.06. The highest BCUT2D eigenvalue weighted by Crippen LogP contribution is 2.17. The van der Waals surface area contributed by atoms with Crippen LogP contribution < -0.4 is 5.32 Å². The monoisotopic (exact) mass is 226 g/mol. The smallest absolute Gasteiger partial charge is 0.0599 e. The van der Waals surface area contributed by atoms with Gasteiger partial charge >= 0.3 is 0 Å². The summed E-state index contributed by atoms with van der Waals surface area (Å²) in [6.45, 7) is 9.26. The standard InChI is InChI=1S/C13H26N2O/c1-2-15-9-5-13(6-10-15)16-11-12-3-7-14-8-4-12/h12-14H,2-11H2,1H3. The van der Waals surface area contributed by atoms with Crippen molar-refractivity contribution in [3.63, 3.8) is 0 Å². The van der Waals surface area contributed by atoms with Crippen molar-refractivity contribution in [3.8, 4) is 0 Å². The van der Waals surface area contributed by atoms with Gasteiger partial charge in [-0.2, -0.15) is 0 Å². The maximum atomic E-state index is 6.06. The zero-order chi connectivity index (χ0) is 11.2. The van der Waals surface area contributed by atoms with Gasteiger partial charge in [-0.05, 0) is 51.2 Å². The first-order valence-corrected chi connectivity index (χ1v) is 6.93. The molecular weight excluding hydrogens is 200 g/mol. The van der Waals surface area contributed by atoms with Gasteiger partial charge in [0.2, 0.25) is 0 Å². The zero-order valence-electron chi connectivity index (χ0n) is 10.6. The van der Waals surface area contributed by atoms with E-state index in [1.54, 1.807) is 0 Å². The van der Waals surface area contributed by atoms with E-state index < -0.39 is 0 Å². The number of nitrogens with zero attached hydrogens (tertiary/aromatic N) is 1. The van der Waals surface area contributed by atoms with E-state index in [4.69, 9.17) is 4.74 Å². The summed E-state index contributed by atoms with van der Waals surface area (Å²) >= 11 is 0. The second kappa shape index (κ2) is 6.58. The third-order valence-corrected chi connectivity index (χ3v) is 4.01. The molecule has 3 heteroatoms. The first-order valence-electron chi connectivity index (χ1n) is 6.93. The Morgan fingerprint density at radius 1 is 1.12 bits per heavy atom. The van der Waals surface area contributed by atoms with E-state index in [2.05, 4.69) is 17.1 Å². The van der Waals surface area contributed by atoms with Crippen LogP contribution in [0, 0.1) is 5.92 Å². The second-order valence-electron chi connectivity index (χ2n) is 5.16. The Balaban J connectivity index is 1.59. The lowest BCUT2D eigenvalue weighted by Gasteiger charge is -2.32. The zero-order valence-corrected chi connectivity index (χ0v) is 10.6. The van der Waals surface area contributed by atoms with Crippen LogP contribution in [-0.2, 0) is 4.74 Å². The van der Waals surface area contributed by atoms with Gasteiger partial charge < -0.3 is 15.0 Å². The van der Waals surface area contributed by atoms with Gasteiger partial charge in [-0.1, -0.05) is 6.92 Å². The average molecular weight is 226 g/mol. The summed E-state index contributed by atoms with van der Waals surface area (Å²) in [6.07, 6.45) is 5.61. The molecule has 0 unspecified atom stereocenters. The minimum Gasteiger partial charge on any atom is -0.378 e. The number of rotatable bonds is 4. The van der Waals surface area contributed by atoms with Crippen LogP contribution in [0.1, 0.15) is 32.6 Å². The first-order chi connectivity index (χ1) is 7.88. The van der Waals surface area contributed by atoms with Crippen LogP contribution in [0.5, 0.6) is 0 Å². The molecule has 0 aliphatic carbocycles. The van der Waals surface area contributed by atoms with E-state index in [9.17, 15) is 0 Å². The Kier molecular flexibility index (Phi) is 5.07. The van der Waals surface area contributed by atoms with E-state index in [-0.39, 0.29) is 0 Å². The van der Waals surface area contributed by atoms with Gasteiger partial charge in [0.05, 0.1) is 6.10 Å². The van der Waals surface area contributed by atoms with Gasteiger partial charge in [-0.15, -0.1) is 0 Å². The van der Waals surface area contributed by atoms with Crippen molar-refractivity contribution in [2.24, 2.45) is 5.92 Å². The third-order valence-electron chi connectivity index (χ3n) is 4.01. The molecule has 2 saturated heterocycles. The number of ether oxygens (including phenoxy) is 1. The van der Waals surface area contributed by atoms with Crippen LogP contribution in [0.15, 0.2) is 0 Å². The fourth-order valence-electron chi connectivity index (χ4n) is 2.71. The Bertz CT molecular complexity index is 184. The number of hydrogen-bond donors (Lipinski definition) is 1. The number of likely N-dealkylation sites (tertiary alicyclic amines) is 1. The molecule has 0 aromatic rings. The maximum Gasteiger partial charge on any atom is 0.0599 e. The minimum absolute atomic E-state index is 0.540. The van der Waals surface area contributed by atoms with Crippen LogP contribution in [0.2, 0.25) is 0 Å². The molecule has 2 aliphatic heterocycles. The lowest BCUT2D eigenvalue weighted by Crippen LogP contribution is -2.38. The van der Waals surface area contributed by atoms with Gasteiger partial charge in [0.15, 0.2) is 0 Å². The van der Waals surface area contributed by atoms with Crippen LogP contribution in [0.25, 0.3) is 0 Å². The lowest BCUT2D eigenvalue weighted by molar-refractivity contribution is -0.0126. The summed E-state index contributed by atoms with van der Waals surface area (Å²) in [7, 11) is 0. The molecule has 0 saturated carbocycles. The summed E-state index contributed by atoms with van der Waals surface area (Å²) in [4.78, 5) is 2.52. The minimum atomic E-state index is 0.540. The first kappa shape index (κ1) is 12.3. The highest BCUT2D eigenvalue weighted by Gasteiger charge is 2.20. The van der Waals surface area contributed by atoms with Crippen molar-refractivity contribution in [2.75, 3.05) is 39.3 Å². The van der Waals surface area contributed by atoms with Gasteiger partial charge in [-0.25, -0.2) is 0 Å². The molecule has 2 rings (SSSR count). The molecule has 3 nitrogen and oxygen atoms in total. The molecule has 0 atom stereocenters. The third kappa shape index (κ3) is 3.72.